The molecule has 1 heterocycles. The van der Waals surface area contributed by atoms with E-state index in [0.717, 1.165) is 18.2 Å². The molecule has 10 nitrogen and oxygen atoms in total. The number of aryl methyl sites for hydroxylation is 1. The molecule has 0 spiro atoms. The van der Waals surface area contributed by atoms with Crippen molar-refractivity contribution in [2.24, 2.45) is 0 Å². The SMILES string of the molecule is COc1cc(C(=O)Nc2ccc3c(c2)CCCN3S(=O)(=O)c2ccc(F)cc2)c([N+](=O)[O-])cc1OC. The third-order valence-corrected chi connectivity index (χ3v) is 7.59. The van der Waals surface area contributed by atoms with Gasteiger partial charge in [-0.1, -0.05) is 0 Å². The summed E-state index contributed by atoms with van der Waals surface area (Å²) in [7, 11) is -1.25. The summed E-state index contributed by atoms with van der Waals surface area (Å²) >= 11 is 0. The number of methoxy groups -OCH3 is 2. The van der Waals surface area contributed by atoms with Crippen molar-refractivity contribution in [2.75, 3.05) is 30.4 Å². The number of rotatable bonds is 7. The van der Waals surface area contributed by atoms with Gasteiger partial charge in [0.1, 0.15) is 11.4 Å². The molecule has 1 aliphatic heterocycles. The van der Waals surface area contributed by atoms with Crippen LogP contribution >= 0.6 is 0 Å². The first kappa shape index (κ1) is 24.9. The van der Waals surface area contributed by atoms with Crippen molar-refractivity contribution in [2.45, 2.75) is 17.7 Å². The number of carbonyl (C=O) groups excluding carboxylic acids is 1. The van der Waals surface area contributed by atoms with Crippen LogP contribution in [0.4, 0.5) is 21.5 Å². The van der Waals surface area contributed by atoms with Gasteiger partial charge in [-0.2, -0.15) is 0 Å². The predicted molar refractivity (Wildman–Crippen MR) is 130 cm³/mol. The molecular formula is C24H22FN3O7S. The van der Waals surface area contributed by atoms with Gasteiger partial charge >= 0.3 is 0 Å². The third kappa shape index (κ3) is 4.67. The van der Waals surface area contributed by atoms with E-state index < -0.39 is 32.4 Å². The van der Waals surface area contributed by atoms with Crippen LogP contribution in [0.1, 0.15) is 22.3 Å². The second kappa shape index (κ2) is 9.82. The number of benzene rings is 3. The van der Waals surface area contributed by atoms with Gasteiger partial charge in [0.2, 0.25) is 0 Å². The van der Waals surface area contributed by atoms with E-state index in [-0.39, 0.29) is 28.5 Å². The van der Waals surface area contributed by atoms with E-state index in [1.165, 1.54) is 42.8 Å². The molecule has 0 aromatic heterocycles. The second-order valence-corrected chi connectivity index (χ2v) is 9.78. The van der Waals surface area contributed by atoms with Gasteiger partial charge in [-0.05, 0) is 60.9 Å². The number of amides is 1. The van der Waals surface area contributed by atoms with E-state index in [4.69, 9.17) is 9.47 Å². The van der Waals surface area contributed by atoms with E-state index in [9.17, 15) is 27.7 Å². The van der Waals surface area contributed by atoms with Crippen LogP contribution < -0.4 is 19.1 Å². The number of fused-ring (bicyclic) bond motifs is 1. The first-order chi connectivity index (χ1) is 17.1. The van der Waals surface area contributed by atoms with E-state index >= 15 is 0 Å². The van der Waals surface area contributed by atoms with Crippen LogP contribution in [-0.4, -0.2) is 40.0 Å². The highest BCUT2D eigenvalue weighted by atomic mass is 32.2. The zero-order valence-electron chi connectivity index (χ0n) is 19.4. The number of nitrogens with zero attached hydrogens (tertiary/aromatic N) is 2. The summed E-state index contributed by atoms with van der Waals surface area (Å²) in [6, 6.07) is 11.6. The maximum absolute atomic E-state index is 13.3. The average molecular weight is 516 g/mol. The molecule has 0 radical (unpaired) electrons. The first-order valence-corrected chi connectivity index (χ1v) is 12.2. The second-order valence-electron chi connectivity index (χ2n) is 7.91. The van der Waals surface area contributed by atoms with Crippen molar-refractivity contribution >= 4 is 33.0 Å². The normalized spacial score (nSPS) is 13.0. The molecule has 188 valence electrons. The highest BCUT2D eigenvalue weighted by Crippen LogP contribution is 2.36. The first-order valence-electron chi connectivity index (χ1n) is 10.8. The van der Waals surface area contributed by atoms with E-state index in [2.05, 4.69) is 5.32 Å². The average Bonchev–Trinajstić information content (AvgIpc) is 2.87. The molecule has 4 rings (SSSR count). The smallest absolute Gasteiger partial charge is 0.286 e. The van der Waals surface area contributed by atoms with Crippen LogP contribution in [0.25, 0.3) is 0 Å². The number of hydrogen-bond donors (Lipinski definition) is 1. The highest BCUT2D eigenvalue weighted by Gasteiger charge is 2.30. The molecule has 1 N–H and O–H groups in total. The maximum Gasteiger partial charge on any atom is 0.286 e. The van der Waals surface area contributed by atoms with Crippen molar-refractivity contribution in [3.8, 4) is 11.5 Å². The van der Waals surface area contributed by atoms with E-state index in [1.807, 2.05) is 0 Å². The molecule has 36 heavy (non-hydrogen) atoms. The molecule has 0 bridgehead atoms. The molecule has 12 heteroatoms. The van der Waals surface area contributed by atoms with Gasteiger partial charge in [-0.3, -0.25) is 19.2 Å². The summed E-state index contributed by atoms with van der Waals surface area (Å²) in [5.74, 6) is -1.02. The van der Waals surface area contributed by atoms with Crippen LogP contribution in [0.2, 0.25) is 0 Å². The van der Waals surface area contributed by atoms with Crippen molar-refractivity contribution in [1.82, 2.24) is 0 Å². The molecule has 0 fully saturated rings. The fourth-order valence-electron chi connectivity index (χ4n) is 4.02. The lowest BCUT2D eigenvalue weighted by atomic mass is 10.0. The van der Waals surface area contributed by atoms with E-state index in [1.54, 1.807) is 12.1 Å². The minimum atomic E-state index is -3.92. The number of anilines is 2. The Hall–Kier alpha value is -4.19. The van der Waals surface area contributed by atoms with Gasteiger partial charge in [0.25, 0.3) is 21.6 Å². The topological polar surface area (TPSA) is 128 Å². The Bertz CT molecular complexity index is 1440. The minimum Gasteiger partial charge on any atom is -0.493 e. The van der Waals surface area contributed by atoms with Crippen LogP contribution in [-0.2, 0) is 16.4 Å². The number of nitro benzene ring substituents is 1. The number of halogens is 1. The predicted octanol–water partition coefficient (Wildman–Crippen LogP) is 4.14. The molecule has 0 aliphatic carbocycles. The maximum atomic E-state index is 13.3. The Morgan fingerprint density at radius 3 is 2.36 bits per heavy atom. The Balaban J connectivity index is 1.64. The van der Waals surface area contributed by atoms with Gasteiger partial charge in [0.15, 0.2) is 11.5 Å². The Morgan fingerprint density at radius 1 is 1.06 bits per heavy atom. The van der Waals surface area contributed by atoms with Crippen molar-refractivity contribution in [1.29, 1.82) is 0 Å². The van der Waals surface area contributed by atoms with Gasteiger partial charge in [-0.25, -0.2) is 12.8 Å². The third-order valence-electron chi connectivity index (χ3n) is 5.76. The standard InChI is InChI=1S/C24H22FN3O7S/c1-34-22-13-19(21(28(30)31)14-23(22)35-2)24(29)26-17-7-10-20-15(12-17)4-3-11-27(20)36(32,33)18-8-5-16(25)6-9-18/h5-10,12-14H,3-4,11H2,1-2H3,(H,26,29). The van der Waals surface area contributed by atoms with Crippen LogP contribution in [0.3, 0.4) is 0 Å². The fraction of sp³-hybridized carbons (Fsp3) is 0.208. The molecule has 1 amide bonds. The molecule has 0 saturated carbocycles. The number of sulfonamides is 1. The van der Waals surface area contributed by atoms with E-state index in [0.29, 0.717) is 29.8 Å². The zero-order chi connectivity index (χ0) is 26.0. The molecule has 3 aromatic carbocycles. The molecule has 0 saturated heterocycles. The zero-order valence-corrected chi connectivity index (χ0v) is 20.2. The number of hydrogen-bond acceptors (Lipinski definition) is 7. The number of ether oxygens (including phenoxy) is 2. The molecule has 0 unspecified atom stereocenters. The molecular weight excluding hydrogens is 493 g/mol. The summed E-state index contributed by atoms with van der Waals surface area (Å²) in [6.45, 7) is 0.246. The summed E-state index contributed by atoms with van der Waals surface area (Å²) < 4.78 is 51.1. The number of nitro groups is 1. The van der Waals surface area contributed by atoms with Gasteiger partial charge in [0, 0.05) is 18.3 Å². The lowest BCUT2D eigenvalue weighted by molar-refractivity contribution is -0.385. The molecule has 0 atom stereocenters. The van der Waals surface area contributed by atoms with Crippen LogP contribution in [0.15, 0.2) is 59.5 Å². The van der Waals surface area contributed by atoms with Gasteiger partial charge in [0.05, 0.1) is 35.8 Å². The Morgan fingerprint density at radius 2 is 1.72 bits per heavy atom. The van der Waals surface area contributed by atoms with Crippen molar-refractivity contribution in [3.63, 3.8) is 0 Å². The molecule has 3 aromatic rings. The van der Waals surface area contributed by atoms with Gasteiger partial charge < -0.3 is 14.8 Å². The summed E-state index contributed by atoms with van der Waals surface area (Å²) in [6.07, 6.45) is 1.09. The summed E-state index contributed by atoms with van der Waals surface area (Å²) in [4.78, 5) is 23.8. The lowest BCUT2D eigenvalue weighted by Crippen LogP contribution is -2.35. The molecule has 1 aliphatic rings. The Labute approximate surface area is 206 Å². The quantitative estimate of drug-likeness (QED) is 0.370. The number of nitrogens with one attached hydrogen (secondary N) is 1. The van der Waals surface area contributed by atoms with Crippen LogP contribution in [0.5, 0.6) is 11.5 Å². The highest BCUT2D eigenvalue weighted by molar-refractivity contribution is 7.92. The Kier molecular flexibility index (Phi) is 6.80. The summed E-state index contributed by atoms with van der Waals surface area (Å²) in [5.41, 5.74) is 0.770. The summed E-state index contributed by atoms with van der Waals surface area (Å²) in [5, 5.41) is 14.2. The number of carbonyl (C=O) groups is 1. The fourth-order valence-corrected chi connectivity index (χ4v) is 5.56. The lowest BCUT2D eigenvalue weighted by Gasteiger charge is -2.31. The van der Waals surface area contributed by atoms with Crippen molar-refractivity contribution in [3.05, 3.63) is 81.7 Å². The largest absolute Gasteiger partial charge is 0.493 e. The monoisotopic (exact) mass is 515 g/mol. The van der Waals surface area contributed by atoms with Crippen molar-refractivity contribution < 1.29 is 32.0 Å². The van der Waals surface area contributed by atoms with Gasteiger partial charge in [-0.15, -0.1) is 0 Å². The minimum absolute atomic E-state index is 0.0325. The van der Waals surface area contributed by atoms with Crippen LogP contribution in [0, 0.1) is 15.9 Å².